The molecular weight excluding hydrogens is 312 g/mol. The van der Waals surface area contributed by atoms with Gasteiger partial charge in [-0.2, -0.15) is 5.26 Å². The van der Waals surface area contributed by atoms with Crippen molar-refractivity contribution < 1.29 is 13.6 Å². The molecule has 1 amide bonds. The summed E-state index contributed by atoms with van der Waals surface area (Å²) in [6.45, 7) is 0.970. The second-order valence-electron chi connectivity index (χ2n) is 5.29. The number of para-hydroxylation sites is 1. The van der Waals surface area contributed by atoms with E-state index in [4.69, 9.17) is 5.26 Å². The maximum Gasteiger partial charge on any atom is 0.257 e. The Bertz CT molecular complexity index is 734. The third kappa shape index (κ3) is 4.29. The fourth-order valence-corrected chi connectivity index (χ4v) is 2.27. The third-order valence-electron chi connectivity index (χ3n) is 3.55. The summed E-state index contributed by atoms with van der Waals surface area (Å²) in [5.41, 5.74) is 0.226. The maximum atomic E-state index is 13.7. The van der Waals surface area contributed by atoms with Gasteiger partial charge in [0.2, 0.25) is 0 Å². The molecule has 2 rings (SSSR count). The first kappa shape index (κ1) is 17.4. The lowest BCUT2D eigenvalue weighted by Crippen LogP contribution is -2.29. The van der Waals surface area contributed by atoms with E-state index in [-0.39, 0.29) is 12.1 Å². The minimum absolute atomic E-state index is 0.161. The Labute approximate surface area is 139 Å². The van der Waals surface area contributed by atoms with Gasteiger partial charge in [-0.1, -0.05) is 18.2 Å². The van der Waals surface area contributed by atoms with E-state index < -0.39 is 23.1 Å². The smallest absolute Gasteiger partial charge is 0.257 e. The zero-order chi connectivity index (χ0) is 17.5. The Morgan fingerprint density at radius 3 is 2.42 bits per heavy atom. The van der Waals surface area contributed by atoms with Crippen LogP contribution in [0.1, 0.15) is 22.3 Å². The van der Waals surface area contributed by atoms with Crippen LogP contribution in [0.3, 0.4) is 0 Å². The Balaban J connectivity index is 1.87. The van der Waals surface area contributed by atoms with Gasteiger partial charge in [-0.3, -0.25) is 4.79 Å². The van der Waals surface area contributed by atoms with Crippen molar-refractivity contribution in [2.75, 3.05) is 25.0 Å². The molecule has 124 valence electrons. The van der Waals surface area contributed by atoms with Gasteiger partial charge in [0.15, 0.2) is 0 Å². The van der Waals surface area contributed by atoms with Gasteiger partial charge < -0.3 is 10.2 Å². The van der Waals surface area contributed by atoms with Crippen molar-refractivity contribution in [2.24, 2.45) is 0 Å². The van der Waals surface area contributed by atoms with E-state index >= 15 is 0 Å². The summed E-state index contributed by atoms with van der Waals surface area (Å²) in [6.07, 6.45) is 0.622. The number of halogens is 2. The van der Waals surface area contributed by atoms with Crippen molar-refractivity contribution in [1.29, 1.82) is 5.26 Å². The summed E-state index contributed by atoms with van der Waals surface area (Å²) >= 11 is 0. The van der Waals surface area contributed by atoms with Crippen LogP contribution in [-0.2, 0) is 0 Å². The number of nitrogens with zero attached hydrogens (tertiary/aromatic N) is 2. The summed E-state index contributed by atoms with van der Waals surface area (Å²) < 4.78 is 27.5. The average molecular weight is 329 g/mol. The number of rotatable bonds is 6. The van der Waals surface area contributed by atoms with Crippen LogP contribution < -0.4 is 10.2 Å². The zero-order valence-electron chi connectivity index (χ0n) is 13.2. The standard InChI is InChI=1S/C18H17F2N3O/c1-23(14-6-3-2-4-7-14)9-5-8-22-18(24)17-15(19)10-13(12-21)11-16(17)20/h2-4,6-7,10-11H,5,8-9H2,1H3,(H,22,24). The van der Waals surface area contributed by atoms with Crippen LogP contribution in [0.5, 0.6) is 0 Å². The van der Waals surface area contributed by atoms with Crippen molar-refractivity contribution in [3.8, 4) is 6.07 Å². The summed E-state index contributed by atoms with van der Waals surface area (Å²) in [4.78, 5) is 13.9. The molecule has 0 aliphatic heterocycles. The van der Waals surface area contributed by atoms with E-state index in [1.54, 1.807) is 6.07 Å². The van der Waals surface area contributed by atoms with Crippen LogP contribution in [-0.4, -0.2) is 26.0 Å². The van der Waals surface area contributed by atoms with Gasteiger partial charge >= 0.3 is 0 Å². The first-order chi connectivity index (χ1) is 11.5. The third-order valence-corrected chi connectivity index (χ3v) is 3.55. The second-order valence-corrected chi connectivity index (χ2v) is 5.29. The van der Waals surface area contributed by atoms with E-state index in [2.05, 4.69) is 5.32 Å². The summed E-state index contributed by atoms with van der Waals surface area (Å²) in [6, 6.07) is 13.1. The van der Waals surface area contributed by atoms with Crippen molar-refractivity contribution >= 4 is 11.6 Å². The van der Waals surface area contributed by atoms with Gasteiger partial charge in [0.1, 0.15) is 17.2 Å². The molecule has 0 radical (unpaired) electrons. The number of benzene rings is 2. The average Bonchev–Trinajstić information content (AvgIpc) is 2.58. The Hall–Kier alpha value is -2.94. The molecular formula is C18H17F2N3O. The van der Waals surface area contributed by atoms with Crippen molar-refractivity contribution in [2.45, 2.75) is 6.42 Å². The fourth-order valence-electron chi connectivity index (χ4n) is 2.27. The molecule has 1 N–H and O–H groups in total. The number of carbonyl (C=O) groups excluding carboxylic acids is 1. The van der Waals surface area contributed by atoms with Gasteiger partial charge in [-0.25, -0.2) is 8.78 Å². The van der Waals surface area contributed by atoms with Crippen LogP contribution in [0.4, 0.5) is 14.5 Å². The molecule has 0 unspecified atom stereocenters. The van der Waals surface area contributed by atoms with E-state index in [9.17, 15) is 13.6 Å². The molecule has 0 atom stereocenters. The number of nitrogens with one attached hydrogen (secondary N) is 1. The number of anilines is 1. The summed E-state index contributed by atoms with van der Waals surface area (Å²) in [5.74, 6) is -2.90. The molecule has 4 nitrogen and oxygen atoms in total. The quantitative estimate of drug-likeness (QED) is 0.829. The van der Waals surface area contributed by atoms with Gasteiger partial charge in [0.05, 0.1) is 11.6 Å². The van der Waals surface area contributed by atoms with Crippen LogP contribution in [0, 0.1) is 23.0 Å². The first-order valence-corrected chi connectivity index (χ1v) is 7.46. The van der Waals surface area contributed by atoms with E-state index in [0.29, 0.717) is 13.0 Å². The normalized spacial score (nSPS) is 10.1. The van der Waals surface area contributed by atoms with Crippen molar-refractivity contribution in [3.05, 3.63) is 65.2 Å². The highest BCUT2D eigenvalue weighted by atomic mass is 19.1. The van der Waals surface area contributed by atoms with E-state index in [0.717, 1.165) is 17.8 Å². The number of amides is 1. The molecule has 6 heteroatoms. The van der Waals surface area contributed by atoms with Crippen LogP contribution in [0.15, 0.2) is 42.5 Å². The number of hydrogen-bond donors (Lipinski definition) is 1. The zero-order valence-corrected chi connectivity index (χ0v) is 13.2. The fraction of sp³-hybridized carbons (Fsp3) is 0.222. The predicted octanol–water partition coefficient (Wildman–Crippen LogP) is 3.09. The molecule has 0 saturated heterocycles. The molecule has 0 fully saturated rings. The lowest BCUT2D eigenvalue weighted by atomic mass is 10.1. The highest BCUT2D eigenvalue weighted by molar-refractivity contribution is 5.94. The number of hydrogen-bond acceptors (Lipinski definition) is 3. The molecule has 0 heterocycles. The van der Waals surface area contributed by atoms with Crippen molar-refractivity contribution in [1.82, 2.24) is 5.32 Å². The maximum absolute atomic E-state index is 13.7. The lowest BCUT2D eigenvalue weighted by molar-refractivity contribution is 0.0945. The molecule has 2 aromatic rings. The molecule has 0 saturated carbocycles. The minimum atomic E-state index is -1.04. The van der Waals surface area contributed by atoms with Crippen molar-refractivity contribution in [3.63, 3.8) is 0 Å². The first-order valence-electron chi connectivity index (χ1n) is 7.46. The van der Waals surface area contributed by atoms with Gasteiger partial charge in [-0.15, -0.1) is 0 Å². The monoisotopic (exact) mass is 329 g/mol. The molecule has 0 aliphatic rings. The molecule has 0 spiro atoms. The van der Waals surface area contributed by atoms with Gasteiger partial charge in [0.25, 0.3) is 5.91 Å². The van der Waals surface area contributed by atoms with E-state index in [1.165, 1.54) is 0 Å². The SMILES string of the molecule is CN(CCCNC(=O)c1c(F)cc(C#N)cc1F)c1ccccc1. The van der Waals surface area contributed by atoms with Crippen LogP contribution in [0.2, 0.25) is 0 Å². The van der Waals surface area contributed by atoms with Crippen LogP contribution in [0.25, 0.3) is 0 Å². The molecule has 0 bridgehead atoms. The number of nitriles is 1. The molecule has 0 aliphatic carbocycles. The molecule has 2 aromatic carbocycles. The lowest BCUT2D eigenvalue weighted by Gasteiger charge is -2.19. The Morgan fingerprint density at radius 2 is 1.83 bits per heavy atom. The number of carbonyl (C=O) groups is 1. The topological polar surface area (TPSA) is 56.1 Å². The largest absolute Gasteiger partial charge is 0.375 e. The Kier molecular flexibility index (Phi) is 5.85. The summed E-state index contributed by atoms with van der Waals surface area (Å²) in [5, 5.41) is 11.1. The second kappa shape index (κ2) is 8.06. The van der Waals surface area contributed by atoms with Crippen LogP contribution >= 0.6 is 0 Å². The predicted molar refractivity (Wildman–Crippen MR) is 87.7 cm³/mol. The summed E-state index contributed by atoms with van der Waals surface area (Å²) in [7, 11) is 1.93. The Morgan fingerprint density at radius 1 is 1.21 bits per heavy atom. The van der Waals surface area contributed by atoms with E-state index in [1.807, 2.05) is 42.3 Å². The highest BCUT2D eigenvalue weighted by Crippen LogP contribution is 2.15. The molecule has 24 heavy (non-hydrogen) atoms. The van der Waals surface area contributed by atoms with Gasteiger partial charge in [-0.05, 0) is 30.7 Å². The molecule has 0 aromatic heterocycles. The van der Waals surface area contributed by atoms with Gasteiger partial charge in [0, 0.05) is 25.8 Å². The minimum Gasteiger partial charge on any atom is -0.375 e. The highest BCUT2D eigenvalue weighted by Gasteiger charge is 2.18.